The molecule has 0 bridgehead atoms. The highest BCUT2D eigenvalue weighted by Crippen LogP contribution is 2.20. The van der Waals surface area contributed by atoms with E-state index in [1.165, 1.54) is 5.52 Å². The largest absolute Gasteiger partial charge is 0.331 e. The zero-order chi connectivity index (χ0) is 10.8. The first-order valence-electron chi connectivity index (χ1n) is 4.89. The van der Waals surface area contributed by atoms with Crippen molar-refractivity contribution in [1.29, 1.82) is 0 Å². The van der Waals surface area contributed by atoms with Crippen LogP contribution in [0.15, 0.2) is 22.7 Å². The van der Waals surface area contributed by atoms with E-state index in [2.05, 4.69) is 31.5 Å². The first-order chi connectivity index (χ1) is 7.22. The van der Waals surface area contributed by atoms with Gasteiger partial charge in [0.1, 0.15) is 5.82 Å². The Morgan fingerprint density at radius 2 is 2.27 bits per heavy atom. The van der Waals surface area contributed by atoms with Gasteiger partial charge in [-0.15, -0.1) is 11.6 Å². The topological polar surface area (TPSA) is 17.8 Å². The van der Waals surface area contributed by atoms with Crippen molar-refractivity contribution in [3.8, 4) is 0 Å². The molecule has 1 heterocycles. The van der Waals surface area contributed by atoms with Crippen LogP contribution in [0.5, 0.6) is 0 Å². The molecule has 0 N–H and O–H groups in total. The smallest absolute Gasteiger partial charge is 0.109 e. The molecule has 4 heteroatoms. The summed E-state index contributed by atoms with van der Waals surface area (Å²) in [6, 6.07) is 6.16. The summed E-state index contributed by atoms with van der Waals surface area (Å²) in [5.41, 5.74) is 2.21. The summed E-state index contributed by atoms with van der Waals surface area (Å²) in [7, 11) is 2.05. The predicted molar refractivity (Wildman–Crippen MR) is 67.5 cm³/mol. The second kappa shape index (κ2) is 4.54. The Labute approximate surface area is 102 Å². The molecule has 2 aromatic rings. The van der Waals surface area contributed by atoms with E-state index in [1.807, 2.05) is 19.2 Å². The van der Waals surface area contributed by atoms with Gasteiger partial charge in [0.15, 0.2) is 0 Å². The quantitative estimate of drug-likeness (QED) is 0.790. The van der Waals surface area contributed by atoms with Crippen LogP contribution in [0.4, 0.5) is 0 Å². The van der Waals surface area contributed by atoms with Crippen LogP contribution in [-0.2, 0) is 13.5 Å². The summed E-state index contributed by atoms with van der Waals surface area (Å²) < 4.78 is 3.20. The minimum Gasteiger partial charge on any atom is -0.331 e. The summed E-state index contributed by atoms with van der Waals surface area (Å²) in [5, 5.41) is 0. The third-order valence-electron chi connectivity index (χ3n) is 2.47. The number of halogens is 2. The molecule has 0 saturated heterocycles. The average Bonchev–Trinajstić information content (AvgIpc) is 2.52. The zero-order valence-electron chi connectivity index (χ0n) is 8.50. The van der Waals surface area contributed by atoms with Crippen molar-refractivity contribution in [1.82, 2.24) is 9.55 Å². The number of rotatable bonds is 3. The number of fused-ring (bicyclic) bond motifs is 1. The van der Waals surface area contributed by atoms with E-state index in [9.17, 15) is 0 Å². The summed E-state index contributed by atoms with van der Waals surface area (Å²) in [6.07, 6.45) is 1.91. The summed E-state index contributed by atoms with van der Waals surface area (Å²) in [5.74, 6) is 1.79. The molecule has 0 aliphatic carbocycles. The van der Waals surface area contributed by atoms with E-state index in [-0.39, 0.29) is 0 Å². The summed E-state index contributed by atoms with van der Waals surface area (Å²) in [4.78, 5) is 4.58. The van der Waals surface area contributed by atoms with Gasteiger partial charge >= 0.3 is 0 Å². The van der Waals surface area contributed by atoms with Crippen LogP contribution in [0.3, 0.4) is 0 Å². The maximum atomic E-state index is 5.68. The van der Waals surface area contributed by atoms with E-state index < -0.39 is 0 Å². The number of aryl methyl sites for hydroxylation is 2. The van der Waals surface area contributed by atoms with Gasteiger partial charge in [-0.2, -0.15) is 0 Å². The van der Waals surface area contributed by atoms with Crippen molar-refractivity contribution in [2.75, 3.05) is 5.88 Å². The Kier molecular flexibility index (Phi) is 3.32. The van der Waals surface area contributed by atoms with Gasteiger partial charge in [-0.05, 0) is 24.6 Å². The van der Waals surface area contributed by atoms with Gasteiger partial charge in [0.2, 0.25) is 0 Å². The molecule has 80 valence electrons. The van der Waals surface area contributed by atoms with E-state index in [0.717, 1.165) is 28.7 Å². The zero-order valence-corrected chi connectivity index (χ0v) is 10.8. The Balaban J connectivity index is 2.44. The fourth-order valence-corrected chi connectivity index (χ4v) is 2.15. The molecule has 0 saturated carbocycles. The molecule has 0 spiro atoms. The Morgan fingerprint density at radius 1 is 1.47 bits per heavy atom. The number of hydrogen-bond donors (Lipinski definition) is 0. The molecular weight excluding hydrogens is 275 g/mol. The van der Waals surface area contributed by atoms with Gasteiger partial charge in [-0.3, -0.25) is 0 Å². The average molecular weight is 288 g/mol. The van der Waals surface area contributed by atoms with Crippen LogP contribution in [0, 0.1) is 0 Å². The number of aromatic nitrogens is 2. The Morgan fingerprint density at radius 3 is 3.00 bits per heavy atom. The number of alkyl halides is 1. The second-order valence-corrected chi connectivity index (χ2v) is 4.81. The minimum atomic E-state index is 0.687. The lowest BCUT2D eigenvalue weighted by molar-refractivity contribution is 0.775. The Bertz CT molecular complexity index is 479. The monoisotopic (exact) mass is 286 g/mol. The number of benzene rings is 1. The molecule has 0 amide bonds. The van der Waals surface area contributed by atoms with Gasteiger partial charge in [0.25, 0.3) is 0 Å². The van der Waals surface area contributed by atoms with E-state index in [1.54, 1.807) is 0 Å². The first-order valence-corrected chi connectivity index (χ1v) is 6.22. The molecule has 1 aromatic heterocycles. The van der Waals surface area contributed by atoms with Crippen molar-refractivity contribution in [2.24, 2.45) is 7.05 Å². The molecule has 0 radical (unpaired) electrons. The highest BCUT2D eigenvalue weighted by molar-refractivity contribution is 9.10. The fourth-order valence-electron chi connectivity index (χ4n) is 1.67. The lowest BCUT2D eigenvalue weighted by Crippen LogP contribution is -1.98. The molecule has 0 fully saturated rings. The third-order valence-corrected chi connectivity index (χ3v) is 3.23. The van der Waals surface area contributed by atoms with Gasteiger partial charge < -0.3 is 4.57 Å². The number of nitrogens with zero attached hydrogens (tertiary/aromatic N) is 2. The van der Waals surface area contributed by atoms with Crippen molar-refractivity contribution in [3.63, 3.8) is 0 Å². The molecule has 0 aliphatic heterocycles. The first kappa shape index (κ1) is 11.0. The third kappa shape index (κ3) is 2.18. The summed E-state index contributed by atoms with van der Waals surface area (Å²) >= 11 is 9.13. The van der Waals surface area contributed by atoms with Crippen molar-refractivity contribution in [3.05, 3.63) is 28.5 Å². The van der Waals surface area contributed by atoms with Crippen LogP contribution >= 0.6 is 27.5 Å². The summed E-state index contributed by atoms with van der Waals surface area (Å²) in [6.45, 7) is 0. The van der Waals surface area contributed by atoms with Gasteiger partial charge in [0, 0.05) is 23.8 Å². The molecule has 2 nitrogen and oxygen atoms in total. The van der Waals surface area contributed by atoms with Crippen LogP contribution in [0.25, 0.3) is 11.0 Å². The molecule has 0 atom stereocenters. The van der Waals surface area contributed by atoms with Gasteiger partial charge in [-0.25, -0.2) is 4.98 Å². The highest BCUT2D eigenvalue weighted by atomic mass is 79.9. The van der Waals surface area contributed by atoms with Crippen LogP contribution in [0.1, 0.15) is 12.2 Å². The lowest BCUT2D eigenvalue weighted by atomic mass is 10.3. The Hall–Kier alpha value is -0.540. The molecule has 1 aromatic carbocycles. The number of imidazole rings is 1. The fraction of sp³-hybridized carbons (Fsp3) is 0.364. The van der Waals surface area contributed by atoms with Gasteiger partial charge in [-0.1, -0.05) is 15.9 Å². The molecular formula is C11H12BrClN2. The van der Waals surface area contributed by atoms with E-state index >= 15 is 0 Å². The van der Waals surface area contributed by atoms with Gasteiger partial charge in [0.05, 0.1) is 11.0 Å². The van der Waals surface area contributed by atoms with Crippen LogP contribution in [-0.4, -0.2) is 15.4 Å². The van der Waals surface area contributed by atoms with E-state index in [4.69, 9.17) is 11.6 Å². The van der Waals surface area contributed by atoms with Crippen molar-refractivity contribution in [2.45, 2.75) is 12.8 Å². The normalized spacial score (nSPS) is 11.1. The number of hydrogen-bond acceptors (Lipinski definition) is 1. The van der Waals surface area contributed by atoms with Crippen LogP contribution < -0.4 is 0 Å². The standard InChI is InChI=1S/C11H12BrClN2/c1-15-10-5-4-8(12)7-9(10)14-11(15)3-2-6-13/h4-5,7H,2-3,6H2,1H3. The SMILES string of the molecule is Cn1c(CCCCl)nc2cc(Br)ccc21. The van der Waals surface area contributed by atoms with Crippen molar-refractivity contribution < 1.29 is 0 Å². The minimum absolute atomic E-state index is 0.687. The lowest BCUT2D eigenvalue weighted by Gasteiger charge is -1.99. The molecule has 0 aliphatic rings. The van der Waals surface area contributed by atoms with Crippen LogP contribution in [0.2, 0.25) is 0 Å². The van der Waals surface area contributed by atoms with E-state index in [0.29, 0.717) is 5.88 Å². The highest BCUT2D eigenvalue weighted by Gasteiger charge is 2.06. The molecule has 15 heavy (non-hydrogen) atoms. The molecule has 0 unspecified atom stereocenters. The maximum Gasteiger partial charge on any atom is 0.109 e. The predicted octanol–water partition coefficient (Wildman–Crippen LogP) is 3.51. The van der Waals surface area contributed by atoms with Crippen molar-refractivity contribution >= 4 is 38.6 Å². The second-order valence-electron chi connectivity index (χ2n) is 3.51. The molecule has 2 rings (SSSR count). The maximum absolute atomic E-state index is 5.68.